The molecule has 292 valence electrons. The fourth-order valence-corrected chi connectivity index (χ4v) is 7.23. The fraction of sp³-hybridized carbons (Fsp3) is 0.281. The molecule has 0 radical (unpaired) electrons. The minimum atomic E-state index is -4.35. The molecule has 1 unspecified atom stereocenters. The van der Waals surface area contributed by atoms with Crippen LogP contribution in [0.4, 0.5) is 28.9 Å². The molecule has 1 saturated heterocycles. The van der Waals surface area contributed by atoms with Crippen molar-refractivity contribution in [2.75, 3.05) is 30.7 Å². The maximum atomic E-state index is 14.7. The van der Waals surface area contributed by atoms with E-state index >= 15 is 0 Å². The highest BCUT2D eigenvalue weighted by atomic mass is 32.2. The first-order valence-electron chi connectivity index (χ1n) is 16.3. The van der Waals surface area contributed by atoms with Gasteiger partial charge in [-0.15, -0.1) is 0 Å². The number of benzene rings is 3. The number of imide groups is 1. The minimum Gasteiger partial charge on any atom is -0.534 e. The maximum absolute atomic E-state index is 14.7. The quantitative estimate of drug-likeness (QED) is 0.0573. The first-order chi connectivity index (χ1) is 25.9. The molecule has 3 aromatic carbocycles. The second-order valence-corrected chi connectivity index (χ2v) is 14.3. The summed E-state index contributed by atoms with van der Waals surface area (Å²) >= 11 is 0. The zero-order valence-electron chi connectivity index (χ0n) is 28.6. The molecular weight excluding hydrogens is 757 g/mol. The van der Waals surface area contributed by atoms with Crippen molar-refractivity contribution in [3.05, 3.63) is 76.4 Å². The van der Waals surface area contributed by atoms with Crippen LogP contribution in [0.5, 0.6) is 23.0 Å². The summed E-state index contributed by atoms with van der Waals surface area (Å²) in [6.45, 7) is 0.0473. The third-order valence-corrected chi connectivity index (χ3v) is 10.5. The summed E-state index contributed by atoms with van der Waals surface area (Å²) < 4.78 is 60.6. The monoisotopic (exact) mass is 790 g/mol. The molecular formula is C32H33BF2N6O13S. The molecule has 2 atom stereocenters. The van der Waals surface area contributed by atoms with Crippen molar-refractivity contribution in [2.45, 2.75) is 31.7 Å². The predicted molar refractivity (Wildman–Crippen MR) is 186 cm³/mol. The molecule has 0 bridgehead atoms. The average molecular weight is 791 g/mol. The number of halogens is 2. The van der Waals surface area contributed by atoms with Gasteiger partial charge in [0.25, 0.3) is 0 Å². The highest BCUT2D eigenvalue weighted by Gasteiger charge is 2.43. The van der Waals surface area contributed by atoms with Crippen LogP contribution < -0.4 is 25.9 Å². The Morgan fingerprint density at radius 3 is 2.38 bits per heavy atom. The van der Waals surface area contributed by atoms with E-state index in [1.165, 1.54) is 24.3 Å². The second kappa shape index (κ2) is 15.9. The molecule has 9 N–H and O–H groups in total. The van der Waals surface area contributed by atoms with Crippen molar-refractivity contribution < 1.29 is 71.3 Å². The van der Waals surface area contributed by atoms with E-state index in [1.54, 1.807) is 0 Å². The highest BCUT2D eigenvalue weighted by Crippen LogP contribution is 2.37. The summed E-state index contributed by atoms with van der Waals surface area (Å²) in [5.74, 6) is -10.1. The summed E-state index contributed by atoms with van der Waals surface area (Å²) in [6.07, 6.45) is -0.472. The third-order valence-electron chi connectivity index (χ3n) is 8.66. The van der Waals surface area contributed by atoms with Gasteiger partial charge in [-0.1, -0.05) is 6.07 Å². The molecule has 0 aliphatic carbocycles. The number of carbonyl (C=O) groups is 5. The Balaban J connectivity index is 1.27. The number of hydrogen-bond donors (Lipinski definition) is 9. The van der Waals surface area contributed by atoms with Crippen LogP contribution in [-0.2, 0) is 21.2 Å². The van der Waals surface area contributed by atoms with E-state index in [-0.39, 0.29) is 36.3 Å². The van der Waals surface area contributed by atoms with E-state index in [0.717, 1.165) is 19.1 Å². The van der Waals surface area contributed by atoms with Gasteiger partial charge in [-0.05, 0) is 67.3 Å². The van der Waals surface area contributed by atoms with Crippen LogP contribution in [0.25, 0.3) is 0 Å². The predicted octanol–water partition coefficient (Wildman–Crippen LogP) is 1.26. The van der Waals surface area contributed by atoms with Gasteiger partial charge in [-0.3, -0.25) is 4.79 Å². The lowest BCUT2D eigenvalue weighted by Crippen LogP contribution is -2.56. The molecule has 7 amide bonds. The number of amides is 7. The summed E-state index contributed by atoms with van der Waals surface area (Å²) in [5.41, 5.74) is -1.18. The van der Waals surface area contributed by atoms with E-state index in [1.807, 2.05) is 0 Å². The third kappa shape index (κ3) is 8.57. The number of aromatic hydroxyl groups is 3. The molecule has 2 aliphatic heterocycles. The van der Waals surface area contributed by atoms with E-state index in [4.69, 9.17) is 4.65 Å². The van der Waals surface area contributed by atoms with Crippen LogP contribution >= 0.6 is 0 Å². The normalized spacial score (nSPS) is 15.8. The van der Waals surface area contributed by atoms with Crippen LogP contribution in [0.1, 0.15) is 39.5 Å². The van der Waals surface area contributed by atoms with Gasteiger partial charge in [-0.25, -0.2) is 45.6 Å². The number of nitrogens with zero attached hydrogens (tertiary/aromatic N) is 2. The van der Waals surface area contributed by atoms with Crippen molar-refractivity contribution in [3.8, 4) is 23.0 Å². The number of carboxylic acids is 1. The average Bonchev–Trinajstić information content (AvgIpc) is 3.53. The van der Waals surface area contributed by atoms with Gasteiger partial charge in [-0.2, -0.15) is 0 Å². The van der Waals surface area contributed by atoms with Crippen LogP contribution in [0.3, 0.4) is 0 Å². The van der Waals surface area contributed by atoms with Gasteiger partial charge >= 0.3 is 31.2 Å². The number of anilines is 1. The topological polar surface area (TPSA) is 284 Å². The lowest BCUT2D eigenvalue weighted by Gasteiger charge is -2.31. The number of aromatic carboxylic acids is 1. The van der Waals surface area contributed by atoms with E-state index in [9.17, 15) is 66.6 Å². The molecule has 0 spiro atoms. The van der Waals surface area contributed by atoms with Crippen molar-refractivity contribution in [3.63, 3.8) is 0 Å². The summed E-state index contributed by atoms with van der Waals surface area (Å²) in [6, 6.07) is 2.86. The number of nitrogens with one attached hydrogen (secondary N) is 4. The van der Waals surface area contributed by atoms with Gasteiger partial charge in [0.15, 0.2) is 17.3 Å². The molecule has 19 nitrogen and oxygen atoms in total. The fourth-order valence-electron chi connectivity index (χ4n) is 5.80. The molecule has 5 rings (SSSR count). The second-order valence-electron chi connectivity index (χ2n) is 12.3. The number of phenolic OH excluding ortho intramolecular Hbond substituents is 3. The molecule has 0 aromatic heterocycles. The van der Waals surface area contributed by atoms with Crippen molar-refractivity contribution in [1.29, 1.82) is 0 Å². The number of rotatable bonds is 11. The number of carbonyl (C=O) groups excluding carboxylic acids is 4. The van der Waals surface area contributed by atoms with Gasteiger partial charge < -0.3 is 51.4 Å². The summed E-state index contributed by atoms with van der Waals surface area (Å²) in [7, 11) is -6.32. The van der Waals surface area contributed by atoms with Crippen molar-refractivity contribution in [1.82, 2.24) is 25.2 Å². The lowest BCUT2D eigenvalue weighted by atomic mass is 9.72. The molecule has 0 saturated carbocycles. The van der Waals surface area contributed by atoms with Crippen LogP contribution in [0.15, 0.2) is 42.5 Å². The molecule has 1 fully saturated rings. The lowest BCUT2D eigenvalue weighted by molar-refractivity contribution is -0.123. The van der Waals surface area contributed by atoms with Crippen molar-refractivity contribution in [2.24, 2.45) is 0 Å². The Morgan fingerprint density at radius 2 is 1.71 bits per heavy atom. The Kier molecular flexibility index (Phi) is 11.5. The standard InChI is InChI=1S/C32H33BF2N6O13S/c1-15-19(14-21(35)26(44)25(15)43)24(28(45)38-22-13-16-3-8-20(34)23(29(46)47)27(16)54-33(22)51)39-31(49)40-10-11-41(32(40)50)55(52,53)12-2-9-36-30(48)37-17-4-6-18(42)7-5-17/h3-8,14,22,24,42-44,51H,2,9-13H2,1H3,(H,38,45)(H,39,49)(H,46,47)(H2,36,37,48)/t22-,24?/m0/s1. The smallest absolute Gasteiger partial charge is 0.534 e. The Hall–Kier alpha value is -6.36. The Labute approximate surface area is 310 Å². The van der Waals surface area contributed by atoms with Crippen LogP contribution in [0.2, 0.25) is 0 Å². The van der Waals surface area contributed by atoms with E-state index in [2.05, 4.69) is 21.3 Å². The van der Waals surface area contributed by atoms with Gasteiger partial charge in [0.1, 0.15) is 28.9 Å². The van der Waals surface area contributed by atoms with Gasteiger partial charge in [0, 0.05) is 17.8 Å². The molecule has 55 heavy (non-hydrogen) atoms. The van der Waals surface area contributed by atoms with Crippen molar-refractivity contribution >= 4 is 52.8 Å². The number of carboxylic acid groups (broad SMARTS) is 1. The largest absolute Gasteiger partial charge is 0.547 e. The number of fused-ring (bicyclic) bond motifs is 1. The van der Waals surface area contributed by atoms with E-state index in [0.29, 0.717) is 21.0 Å². The van der Waals surface area contributed by atoms with E-state index < -0.39 is 118 Å². The summed E-state index contributed by atoms with van der Waals surface area (Å²) in [5, 5.41) is 59.1. The number of hydrogen-bond acceptors (Lipinski definition) is 12. The SMILES string of the molecule is Cc1c(C(NC(=O)N2CCN(S(=O)(=O)CCCNC(=O)Nc3ccc(O)cc3)C2=O)C(=O)N[C@H]2Cc3ccc(F)c(C(=O)O)c3OB2O)cc(F)c(O)c1O. The number of phenols is 3. The number of sulfonamides is 1. The van der Waals surface area contributed by atoms with Crippen LogP contribution in [-0.4, -0.2) is 111 Å². The van der Waals surface area contributed by atoms with Gasteiger partial charge in [0.05, 0.1) is 24.8 Å². The molecule has 2 heterocycles. The van der Waals surface area contributed by atoms with Gasteiger partial charge in [0.2, 0.25) is 15.9 Å². The minimum absolute atomic E-state index is 0.0181. The highest BCUT2D eigenvalue weighted by molar-refractivity contribution is 7.89. The zero-order valence-corrected chi connectivity index (χ0v) is 29.4. The Bertz CT molecular complexity index is 2160. The molecule has 23 heteroatoms. The first-order valence-corrected chi connectivity index (χ1v) is 17.9. The number of urea groups is 3. The molecule has 2 aliphatic rings. The maximum Gasteiger partial charge on any atom is 0.547 e. The Morgan fingerprint density at radius 1 is 1.02 bits per heavy atom. The molecule has 3 aromatic rings. The zero-order chi connectivity index (χ0) is 40.4. The summed E-state index contributed by atoms with van der Waals surface area (Å²) in [4.78, 5) is 64.6. The van der Waals surface area contributed by atoms with Crippen LogP contribution in [0, 0.1) is 18.6 Å². The first kappa shape index (κ1) is 39.8.